The summed E-state index contributed by atoms with van der Waals surface area (Å²) < 4.78 is 12.7. The monoisotopic (exact) mass is 422 g/mol. The van der Waals surface area contributed by atoms with Crippen molar-refractivity contribution in [2.75, 3.05) is 25.3 Å². The number of hydrogen-bond acceptors (Lipinski definition) is 6. The van der Waals surface area contributed by atoms with E-state index in [9.17, 15) is 4.79 Å². The topological polar surface area (TPSA) is 77.8 Å². The van der Waals surface area contributed by atoms with Gasteiger partial charge in [0.2, 0.25) is 5.91 Å². The minimum absolute atomic E-state index is 0.140. The molecule has 4 aromatic rings. The highest BCUT2D eigenvalue weighted by atomic mass is 32.2. The maximum absolute atomic E-state index is 12.6. The lowest BCUT2D eigenvalue weighted by molar-refractivity contribution is -0.113. The first-order valence-electron chi connectivity index (χ1n) is 9.40. The van der Waals surface area contributed by atoms with Gasteiger partial charge in [-0.2, -0.15) is 0 Å². The highest BCUT2D eigenvalue weighted by Crippen LogP contribution is 2.29. The van der Waals surface area contributed by atoms with Gasteiger partial charge in [0.15, 0.2) is 10.8 Å². The van der Waals surface area contributed by atoms with Crippen LogP contribution in [0.4, 0.5) is 5.69 Å². The number of nitrogens with zero attached hydrogens (tertiary/aromatic N) is 3. The van der Waals surface area contributed by atoms with Gasteiger partial charge in [-0.25, -0.2) is 0 Å². The van der Waals surface area contributed by atoms with Crippen LogP contribution in [-0.2, 0) is 4.79 Å². The third-order valence-electron chi connectivity index (χ3n) is 4.80. The molecule has 0 aliphatic rings. The molecule has 4 rings (SSSR count). The maximum Gasteiger partial charge on any atom is 0.234 e. The van der Waals surface area contributed by atoms with Gasteiger partial charge in [-0.05, 0) is 61.4 Å². The van der Waals surface area contributed by atoms with Crippen molar-refractivity contribution in [1.29, 1.82) is 0 Å². The van der Waals surface area contributed by atoms with Crippen LogP contribution in [0.1, 0.15) is 11.1 Å². The summed E-state index contributed by atoms with van der Waals surface area (Å²) in [5.74, 6) is 1.47. The molecular formula is C22H22N4O3S. The van der Waals surface area contributed by atoms with Crippen LogP contribution >= 0.6 is 11.8 Å². The zero-order valence-electron chi connectivity index (χ0n) is 17.2. The first kappa shape index (κ1) is 20.0. The molecule has 154 valence electrons. The second-order valence-corrected chi connectivity index (χ2v) is 7.88. The van der Waals surface area contributed by atoms with E-state index in [-0.39, 0.29) is 11.7 Å². The van der Waals surface area contributed by atoms with Gasteiger partial charge in [0.1, 0.15) is 11.5 Å². The number of rotatable bonds is 6. The Kier molecular flexibility index (Phi) is 5.50. The molecular weight excluding hydrogens is 400 g/mol. The highest BCUT2D eigenvalue weighted by molar-refractivity contribution is 7.99. The lowest BCUT2D eigenvalue weighted by atomic mass is 10.1. The number of ether oxygens (including phenoxy) is 2. The molecule has 0 saturated heterocycles. The molecule has 0 fully saturated rings. The van der Waals surface area contributed by atoms with Crippen molar-refractivity contribution < 1.29 is 14.3 Å². The van der Waals surface area contributed by atoms with E-state index in [1.54, 1.807) is 14.2 Å². The number of anilines is 1. The Morgan fingerprint density at radius 1 is 1.07 bits per heavy atom. The quantitative estimate of drug-likeness (QED) is 0.468. The van der Waals surface area contributed by atoms with Crippen LogP contribution in [0.25, 0.3) is 16.6 Å². The molecule has 1 amide bonds. The number of amides is 1. The van der Waals surface area contributed by atoms with Crippen LogP contribution in [0.15, 0.2) is 47.6 Å². The number of fused-ring (bicyclic) bond motifs is 3. The fourth-order valence-corrected chi connectivity index (χ4v) is 4.09. The van der Waals surface area contributed by atoms with Crippen molar-refractivity contribution in [2.24, 2.45) is 0 Å². The normalized spacial score (nSPS) is 11.1. The number of nitrogens with one attached hydrogen (secondary N) is 1. The number of benzene rings is 2. The van der Waals surface area contributed by atoms with Gasteiger partial charge in [-0.15, -0.1) is 10.2 Å². The van der Waals surface area contributed by atoms with Crippen LogP contribution in [0.2, 0.25) is 0 Å². The van der Waals surface area contributed by atoms with E-state index in [1.807, 2.05) is 54.6 Å². The van der Waals surface area contributed by atoms with Gasteiger partial charge in [-0.3, -0.25) is 9.20 Å². The molecule has 0 aliphatic heterocycles. The summed E-state index contributed by atoms with van der Waals surface area (Å²) in [5, 5.41) is 13.2. The van der Waals surface area contributed by atoms with Crippen molar-refractivity contribution in [3.63, 3.8) is 0 Å². The second-order valence-electron chi connectivity index (χ2n) is 6.93. The number of hydrogen-bond donors (Lipinski definition) is 1. The number of aromatic nitrogens is 3. The molecule has 0 bridgehead atoms. The summed E-state index contributed by atoms with van der Waals surface area (Å²) in [6.45, 7) is 3.96. The highest BCUT2D eigenvalue weighted by Gasteiger charge is 2.15. The second kappa shape index (κ2) is 8.23. The molecule has 30 heavy (non-hydrogen) atoms. The lowest BCUT2D eigenvalue weighted by Crippen LogP contribution is -2.15. The van der Waals surface area contributed by atoms with E-state index < -0.39 is 0 Å². The Hall–Kier alpha value is -3.26. The molecule has 7 nitrogen and oxygen atoms in total. The summed E-state index contributed by atoms with van der Waals surface area (Å²) in [7, 11) is 3.23. The average molecular weight is 423 g/mol. The third kappa shape index (κ3) is 3.78. The van der Waals surface area contributed by atoms with Gasteiger partial charge >= 0.3 is 0 Å². The molecule has 2 aromatic heterocycles. The number of carbonyl (C=O) groups is 1. The van der Waals surface area contributed by atoms with Gasteiger partial charge in [0, 0.05) is 5.39 Å². The van der Waals surface area contributed by atoms with Crippen LogP contribution in [0, 0.1) is 13.8 Å². The molecule has 1 N–H and O–H groups in total. The summed E-state index contributed by atoms with van der Waals surface area (Å²) in [6.07, 6.45) is 0. The Labute approximate surface area is 178 Å². The first-order chi connectivity index (χ1) is 14.5. The fraction of sp³-hybridized carbons (Fsp3) is 0.227. The van der Waals surface area contributed by atoms with Crippen molar-refractivity contribution in [3.8, 4) is 11.5 Å². The molecule has 0 atom stereocenters. The van der Waals surface area contributed by atoms with E-state index in [2.05, 4.69) is 21.6 Å². The van der Waals surface area contributed by atoms with Crippen molar-refractivity contribution in [1.82, 2.24) is 14.6 Å². The predicted molar refractivity (Wildman–Crippen MR) is 119 cm³/mol. The lowest BCUT2D eigenvalue weighted by Gasteiger charge is -2.11. The van der Waals surface area contributed by atoms with Crippen molar-refractivity contribution in [3.05, 3.63) is 53.6 Å². The first-order valence-corrected chi connectivity index (χ1v) is 10.4. The van der Waals surface area contributed by atoms with Crippen LogP contribution < -0.4 is 14.8 Å². The molecule has 0 spiro atoms. The average Bonchev–Trinajstić information content (AvgIpc) is 3.17. The Morgan fingerprint density at radius 2 is 1.90 bits per heavy atom. The molecule has 2 aromatic carbocycles. The van der Waals surface area contributed by atoms with E-state index in [0.717, 1.165) is 33.4 Å². The molecule has 2 heterocycles. The minimum Gasteiger partial charge on any atom is -0.497 e. The van der Waals surface area contributed by atoms with E-state index in [4.69, 9.17) is 9.47 Å². The largest absolute Gasteiger partial charge is 0.497 e. The number of methoxy groups -OCH3 is 2. The third-order valence-corrected chi connectivity index (χ3v) is 5.72. The summed E-state index contributed by atoms with van der Waals surface area (Å²) in [5.41, 5.74) is 4.44. The van der Waals surface area contributed by atoms with Crippen LogP contribution in [0.5, 0.6) is 11.5 Å². The number of thioether (sulfide) groups is 1. The SMILES string of the molecule is COc1ccc2c(c1)cc(C)c1nnc(SCC(=O)Nc3cc(C)ccc3OC)n12. The fourth-order valence-electron chi connectivity index (χ4n) is 3.35. The Morgan fingerprint density at radius 3 is 2.67 bits per heavy atom. The minimum atomic E-state index is -0.140. The zero-order valence-corrected chi connectivity index (χ0v) is 18.0. The van der Waals surface area contributed by atoms with Crippen molar-refractivity contribution in [2.45, 2.75) is 19.0 Å². The van der Waals surface area contributed by atoms with E-state index in [0.29, 0.717) is 16.6 Å². The van der Waals surface area contributed by atoms with E-state index in [1.165, 1.54) is 11.8 Å². The summed E-state index contributed by atoms with van der Waals surface area (Å²) in [6, 6.07) is 13.6. The van der Waals surface area contributed by atoms with Crippen molar-refractivity contribution >= 4 is 39.9 Å². The van der Waals surface area contributed by atoms with E-state index >= 15 is 0 Å². The Bertz CT molecular complexity index is 1250. The summed E-state index contributed by atoms with van der Waals surface area (Å²) in [4.78, 5) is 12.6. The smallest absolute Gasteiger partial charge is 0.234 e. The predicted octanol–water partition coefficient (Wildman–Crippen LogP) is 4.25. The number of pyridine rings is 1. The zero-order chi connectivity index (χ0) is 21.3. The van der Waals surface area contributed by atoms with Crippen LogP contribution in [0.3, 0.4) is 0 Å². The maximum atomic E-state index is 12.6. The number of aryl methyl sites for hydroxylation is 2. The molecule has 0 radical (unpaired) electrons. The molecule has 0 saturated carbocycles. The van der Waals surface area contributed by atoms with Gasteiger partial charge in [0.25, 0.3) is 0 Å². The van der Waals surface area contributed by atoms with Gasteiger partial charge in [0.05, 0.1) is 31.2 Å². The number of carbonyl (C=O) groups excluding carboxylic acids is 1. The molecule has 0 aliphatic carbocycles. The molecule has 0 unspecified atom stereocenters. The Balaban J connectivity index is 1.60. The standard InChI is InChI=1S/C22H22N4O3S/c1-13-5-8-19(29-4)17(9-13)23-20(27)12-30-22-25-24-21-14(2)10-15-11-16(28-3)6-7-18(15)26(21)22/h5-11H,12H2,1-4H3,(H,23,27). The summed E-state index contributed by atoms with van der Waals surface area (Å²) >= 11 is 1.34. The molecule has 8 heteroatoms. The van der Waals surface area contributed by atoms with Crippen LogP contribution in [-0.4, -0.2) is 40.5 Å². The van der Waals surface area contributed by atoms with Gasteiger partial charge in [-0.1, -0.05) is 17.8 Å². The van der Waals surface area contributed by atoms with Gasteiger partial charge < -0.3 is 14.8 Å².